The molecule has 1 fully saturated rings. The van der Waals surface area contributed by atoms with Gasteiger partial charge in [0.15, 0.2) is 0 Å². The number of hydrogen-bond donors (Lipinski definition) is 1. The Labute approximate surface area is 150 Å². The van der Waals surface area contributed by atoms with E-state index in [1.165, 1.54) is 11.3 Å². The summed E-state index contributed by atoms with van der Waals surface area (Å²) in [5.74, 6) is 0.163. The number of carbonyl (C=O) groups excluding carboxylic acids is 1. The second-order valence-electron chi connectivity index (χ2n) is 6.58. The minimum absolute atomic E-state index is 0.163. The van der Waals surface area contributed by atoms with Gasteiger partial charge in [0.05, 0.1) is 0 Å². The SMILES string of the molecule is CNCCc1ccccc1C(=O)N1CCN(c2ccccc2C)CC1. The van der Waals surface area contributed by atoms with Crippen molar-refractivity contribution in [1.82, 2.24) is 10.2 Å². The van der Waals surface area contributed by atoms with Crippen molar-refractivity contribution in [3.63, 3.8) is 0 Å². The van der Waals surface area contributed by atoms with E-state index in [1.807, 2.05) is 30.1 Å². The molecule has 0 atom stereocenters. The fourth-order valence-corrected chi connectivity index (χ4v) is 3.45. The topological polar surface area (TPSA) is 35.6 Å². The summed E-state index contributed by atoms with van der Waals surface area (Å²) in [7, 11) is 1.94. The molecule has 132 valence electrons. The van der Waals surface area contributed by atoms with Crippen LogP contribution in [-0.4, -0.2) is 50.6 Å². The van der Waals surface area contributed by atoms with Crippen LogP contribution in [-0.2, 0) is 6.42 Å². The van der Waals surface area contributed by atoms with Crippen LogP contribution in [0.5, 0.6) is 0 Å². The van der Waals surface area contributed by atoms with Crippen molar-refractivity contribution in [3.8, 4) is 0 Å². The van der Waals surface area contributed by atoms with Crippen LogP contribution in [0.15, 0.2) is 48.5 Å². The molecule has 1 aliphatic heterocycles. The Kier molecular flexibility index (Phi) is 5.71. The molecular formula is C21H27N3O. The predicted molar refractivity (Wildman–Crippen MR) is 103 cm³/mol. The van der Waals surface area contributed by atoms with Gasteiger partial charge in [-0.25, -0.2) is 0 Å². The van der Waals surface area contributed by atoms with E-state index in [0.717, 1.165) is 50.3 Å². The lowest BCUT2D eigenvalue weighted by molar-refractivity contribution is 0.0745. The van der Waals surface area contributed by atoms with Crippen LogP contribution >= 0.6 is 0 Å². The molecule has 0 aliphatic carbocycles. The number of carbonyl (C=O) groups is 1. The van der Waals surface area contributed by atoms with Crippen molar-refractivity contribution in [1.29, 1.82) is 0 Å². The molecule has 0 bridgehead atoms. The van der Waals surface area contributed by atoms with Gasteiger partial charge in [0, 0.05) is 37.4 Å². The van der Waals surface area contributed by atoms with E-state index in [1.54, 1.807) is 0 Å². The average molecular weight is 337 g/mol. The molecule has 1 amide bonds. The van der Waals surface area contributed by atoms with Gasteiger partial charge in [0.25, 0.3) is 5.91 Å². The lowest BCUT2D eigenvalue weighted by Gasteiger charge is -2.37. The lowest BCUT2D eigenvalue weighted by atomic mass is 10.0. The summed E-state index contributed by atoms with van der Waals surface area (Å²) >= 11 is 0. The van der Waals surface area contributed by atoms with Gasteiger partial charge in [-0.2, -0.15) is 0 Å². The predicted octanol–water partition coefficient (Wildman–Crippen LogP) is 2.72. The second kappa shape index (κ2) is 8.17. The molecular weight excluding hydrogens is 310 g/mol. The van der Waals surface area contributed by atoms with Crippen LogP contribution < -0.4 is 10.2 Å². The van der Waals surface area contributed by atoms with E-state index in [2.05, 4.69) is 47.5 Å². The summed E-state index contributed by atoms with van der Waals surface area (Å²) in [4.78, 5) is 17.4. The fourth-order valence-electron chi connectivity index (χ4n) is 3.45. The van der Waals surface area contributed by atoms with Crippen molar-refractivity contribution in [3.05, 3.63) is 65.2 Å². The largest absolute Gasteiger partial charge is 0.368 e. The first kappa shape index (κ1) is 17.5. The van der Waals surface area contributed by atoms with Crippen LogP contribution in [0.3, 0.4) is 0 Å². The van der Waals surface area contributed by atoms with Crippen molar-refractivity contribution in [2.45, 2.75) is 13.3 Å². The molecule has 0 aromatic heterocycles. The van der Waals surface area contributed by atoms with Gasteiger partial charge in [-0.3, -0.25) is 4.79 Å². The number of benzene rings is 2. The van der Waals surface area contributed by atoms with Gasteiger partial charge in [-0.05, 0) is 50.2 Å². The van der Waals surface area contributed by atoms with E-state index in [9.17, 15) is 4.79 Å². The van der Waals surface area contributed by atoms with Gasteiger partial charge < -0.3 is 15.1 Å². The van der Waals surface area contributed by atoms with E-state index >= 15 is 0 Å². The summed E-state index contributed by atoms with van der Waals surface area (Å²) in [5, 5.41) is 3.16. The molecule has 4 heteroatoms. The van der Waals surface area contributed by atoms with Crippen molar-refractivity contribution < 1.29 is 4.79 Å². The van der Waals surface area contributed by atoms with Crippen molar-refractivity contribution >= 4 is 11.6 Å². The molecule has 4 nitrogen and oxygen atoms in total. The molecule has 1 saturated heterocycles. The first-order valence-electron chi connectivity index (χ1n) is 9.03. The number of rotatable bonds is 5. The van der Waals surface area contributed by atoms with E-state index in [0.29, 0.717) is 0 Å². The number of para-hydroxylation sites is 1. The summed E-state index contributed by atoms with van der Waals surface area (Å²) in [5.41, 5.74) is 4.55. The maximum absolute atomic E-state index is 13.0. The number of nitrogens with one attached hydrogen (secondary N) is 1. The van der Waals surface area contributed by atoms with Crippen molar-refractivity contribution in [2.24, 2.45) is 0 Å². The van der Waals surface area contributed by atoms with Crippen LogP contribution in [0.4, 0.5) is 5.69 Å². The Morgan fingerprint density at radius 1 is 1.00 bits per heavy atom. The molecule has 1 aliphatic rings. The van der Waals surface area contributed by atoms with Crippen LogP contribution in [0.25, 0.3) is 0 Å². The smallest absolute Gasteiger partial charge is 0.254 e. The maximum Gasteiger partial charge on any atom is 0.254 e. The Balaban J connectivity index is 1.67. The summed E-state index contributed by atoms with van der Waals surface area (Å²) in [6.45, 7) is 6.34. The standard InChI is InChI=1S/C21H27N3O/c1-17-7-3-6-10-20(17)23-13-15-24(16-14-23)21(25)19-9-5-4-8-18(19)11-12-22-2/h3-10,22H,11-16H2,1-2H3. The van der Waals surface area contributed by atoms with Gasteiger partial charge >= 0.3 is 0 Å². The molecule has 1 heterocycles. The number of aryl methyl sites for hydroxylation is 1. The zero-order valence-electron chi connectivity index (χ0n) is 15.2. The van der Waals surface area contributed by atoms with Gasteiger partial charge in [0.2, 0.25) is 0 Å². The first-order valence-corrected chi connectivity index (χ1v) is 9.03. The number of likely N-dealkylation sites (N-methyl/N-ethyl adjacent to an activating group) is 1. The molecule has 25 heavy (non-hydrogen) atoms. The fraction of sp³-hybridized carbons (Fsp3) is 0.381. The zero-order chi connectivity index (χ0) is 17.6. The quantitative estimate of drug-likeness (QED) is 0.911. The molecule has 0 radical (unpaired) electrons. The highest BCUT2D eigenvalue weighted by Crippen LogP contribution is 2.22. The monoisotopic (exact) mass is 337 g/mol. The third kappa shape index (κ3) is 4.02. The molecule has 0 unspecified atom stereocenters. The molecule has 0 spiro atoms. The molecule has 0 saturated carbocycles. The molecule has 2 aromatic rings. The minimum atomic E-state index is 0.163. The van der Waals surface area contributed by atoms with E-state index < -0.39 is 0 Å². The Bertz CT molecular complexity index is 721. The van der Waals surface area contributed by atoms with Crippen LogP contribution in [0.1, 0.15) is 21.5 Å². The van der Waals surface area contributed by atoms with Gasteiger partial charge in [-0.15, -0.1) is 0 Å². The maximum atomic E-state index is 13.0. The van der Waals surface area contributed by atoms with Crippen LogP contribution in [0.2, 0.25) is 0 Å². The number of anilines is 1. The normalized spacial score (nSPS) is 14.6. The number of piperazine rings is 1. The summed E-state index contributed by atoms with van der Waals surface area (Å²) in [6.07, 6.45) is 0.877. The van der Waals surface area contributed by atoms with Gasteiger partial charge in [-0.1, -0.05) is 36.4 Å². The third-order valence-electron chi connectivity index (χ3n) is 4.92. The summed E-state index contributed by atoms with van der Waals surface area (Å²) < 4.78 is 0. The number of hydrogen-bond acceptors (Lipinski definition) is 3. The first-order chi connectivity index (χ1) is 12.2. The molecule has 3 rings (SSSR count). The average Bonchev–Trinajstić information content (AvgIpc) is 2.66. The highest BCUT2D eigenvalue weighted by molar-refractivity contribution is 5.95. The Morgan fingerprint density at radius 2 is 1.68 bits per heavy atom. The lowest BCUT2D eigenvalue weighted by Crippen LogP contribution is -2.49. The highest BCUT2D eigenvalue weighted by atomic mass is 16.2. The summed E-state index contributed by atoms with van der Waals surface area (Å²) in [6, 6.07) is 16.5. The Hall–Kier alpha value is -2.33. The number of amides is 1. The number of nitrogens with zero attached hydrogens (tertiary/aromatic N) is 2. The third-order valence-corrected chi connectivity index (χ3v) is 4.92. The molecule has 2 aromatic carbocycles. The van der Waals surface area contributed by atoms with Crippen LogP contribution in [0, 0.1) is 6.92 Å². The Morgan fingerprint density at radius 3 is 2.40 bits per heavy atom. The van der Waals surface area contributed by atoms with E-state index in [4.69, 9.17) is 0 Å². The second-order valence-corrected chi connectivity index (χ2v) is 6.58. The van der Waals surface area contributed by atoms with Crippen molar-refractivity contribution in [2.75, 3.05) is 44.7 Å². The van der Waals surface area contributed by atoms with Gasteiger partial charge in [0.1, 0.15) is 0 Å². The minimum Gasteiger partial charge on any atom is -0.368 e. The zero-order valence-corrected chi connectivity index (χ0v) is 15.2. The van der Waals surface area contributed by atoms with E-state index in [-0.39, 0.29) is 5.91 Å². The highest BCUT2D eigenvalue weighted by Gasteiger charge is 2.24. The molecule has 1 N–H and O–H groups in total.